The number of aliphatic hydroxyl groups is 2. The van der Waals surface area contributed by atoms with Gasteiger partial charge in [0.1, 0.15) is 5.82 Å². The van der Waals surface area contributed by atoms with Crippen molar-refractivity contribution in [1.82, 2.24) is 0 Å². The zero-order chi connectivity index (χ0) is 13.0. The Morgan fingerprint density at radius 3 is 2.00 bits per heavy atom. The fourth-order valence-corrected chi connectivity index (χ4v) is 2.07. The maximum Gasteiger partial charge on any atom is 0.123 e. The van der Waals surface area contributed by atoms with Gasteiger partial charge in [0, 0.05) is 5.92 Å². The monoisotopic (exact) mass is 246 g/mol. The smallest absolute Gasteiger partial charge is 0.123 e. The van der Waals surface area contributed by atoms with Gasteiger partial charge in [-0.15, -0.1) is 0 Å². The summed E-state index contributed by atoms with van der Waals surface area (Å²) in [5, 5.41) is 19.1. The zero-order valence-corrected chi connectivity index (χ0v) is 9.83. The molecule has 0 amide bonds. The average molecular weight is 246 g/mol. The molecule has 2 aromatic carbocycles. The van der Waals surface area contributed by atoms with Crippen LogP contribution in [-0.2, 0) is 0 Å². The number of rotatable bonds is 4. The molecule has 0 saturated heterocycles. The summed E-state index contributed by atoms with van der Waals surface area (Å²) < 4.78 is 12.9. The highest BCUT2D eigenvalue weighted by atomic mass is 19.1. The molecule has 0 spiro atoms. The molecule has 3 heteroatoms. The van der Waals surface area contributed by atoms with E-state index in [-0.39, 0.29) is 18.3 Å². The van der Waals surface area contributed by atoms with Crippen LogP contribution >= 0.6 is 0 Å². The quantitative estimate of drug-likeness (QED) is 0.869. The lowest BCUT2D eigenvalue weighted by Gasteiger charge is -2.22. The summed E-state index contributed by atoms with van der Waals surface area (Å²) in [6, 6.07) is 15.4. The van der Waals surface area contributed by atoms with Crippen LogP contribution in [0.2, 0.25) is 0 Å². The first-order chi connectivity index (χ1) is 8.72. The van der Waals surface area contributed by atoms with E-state index in [1.807, 2.05) is 30.3 Å². The van der Waals surface area contributed by atoms with Crippen molar-refractivity contribution in [2.75, 3.05) is 6.61 Å². The Morgan fingerprint density at radius 2 is 1.44 bits per heavy atom. The van der Waals surface area contributed by atoms with Gasteiger partial charge in [0.05, 0.1) is 12.7 Å². The summed E-state index contributed by atoms with van der Waals surface area (Å²) in [5.74, 6) is -0.666. The van der Waals surface area contributed by atoms with Crippen LogP contribution in [0.15, 0.2) is 54.6 Å². The van der Waals surface area contributed by atoms with E-state index in [9.17, 15) is 9.50 Å². The molecule has 0 heterocycles. The predicted molar refractivity (Wildman–Crippen MR) is 67.8 cm³/mol. The van der Waals surface area contributed by atoms with Gasteiger partial charge in [0.2, 0.25) is 0 Å². The minimum Gasteiger partial charge on any atom is -0.394 e. The van der Waals surface area contributed by atoms with Gasteiger partial charge in [-0.2, -0.15) is 0 Å². The van der Waals surface area contributed by atoms with Gasteiger partial charge in [0.25, 0.3) is 0 Å². The molecule has 2 atom stereocenters. The molecular formula is C15H15FO2. The lowest BCUT2D eigenvalue weighted by atomic mass is 9.87. The van der Waals surface area contributed by atoms with E-state index in [2.05, 4.69) is 0 Å². The largest absolute Gasteiger partial charge is 0.394 e. The lowest BCUT2D eigenvalue weighted by Crippen LogP contribution is -2.23. The molecule has 2 rings (SSSR count). The van der Waals surface area contributed by atoms with Crippen molar-refractivity contribution in [3.63, 3.8) is 0 Å². The Balaban J connectivity index is 2.40. The van der Waals surface area contributed by atoms with Crippen LogP contribution in [0.1, 0.15) is 17.0 Å². The van der Waals surface area contributed by atoms with Gasteiger partial charge in [-0.05, 0) is 23.3 Å². The van der Waals surface area contributed by atoms with E-state index in [4.69, 9.17) is 5.11 Å². The molecule has 0 aliphatic rings. The molecular weight excluding hydrogens is 231 g/mol. The Hall–Kier alpha value is -1.71. The fraction of sp³-hybridized carbons (Fsp3) is 0.200. The number of halogens is 1. The molecule has 0 bridgehead atoms. The maximum absolute atomic E-state index is 12.9. The van der Waals surface area contributed by atoms with E-state index in [1.165, 1.54) is 12.1 Å². The standard InChI is InChI=1S/C15H15FO2/c16-13-8-6-12(7-9-13)15(14(18)10-17)11-4-2-1-3-5-11/h1-9,14-15,17-18H,10H2/t14-,15+/m1/s1. The molecule has 0 unspecified atom stereocenters. The third kappa shape index (κ3) is 2.75. The number of hydrogen-bond acceptors (Lipinski definition) is 2. The molecule has 2 nitrogen and oxygen atoms in total. The van der Waals surface area contributed by atoms with E-state index in [0.717, 1.165) is 11.1 Å². The summed E-state index contributed by atoms with van der Waals surface area (Å²) in [6.45, 7) is -0.336. The first-order valence-electron chi connectivity index (χ1n) is 5.81. The molecule has 18 heavy (non-hydrogen) atoms. The first kappa shape index (κ1) is 12.7. The van der Waals surface area contributed by atoms with Crippen molar-refractivity contribution in [3.8, 4) is 0 Å². The van der Waals surface area contributed by atoms with Gasteiger partial charge < -0.3 is 10.2 Å². The Labute approximate surface area is 105 Å². The highest BCUT2D eigenvalue weighted by Crippen LogP contribution is 2.28. The number of hydrogen-bond donors (Lipinski definition) is 2. The number of benzene rings is 2. The van der Waals surface area contributed by atoms with Crippen molar-refractivity contribution in [1.29, 1.82) is 0 Å². The minimum absolute atomic E-state index is 0.316. The second kappa shape index (κ2) is 5.76. The van der Waals surface area contributed by atoms with Crippen molar-refractivity contribution in [2.45, 2.75) is 12.0 Å². The van der Waals surface area contributed by atoms with Crippen LogP contribution in [0.5, 0.6) is 0 Å². The Morgan fingerprint density at radius 1 is 0.889 bits per heavy atom. The second-order valence-corrected chi connectivity index (χ2v) is 4.19. The van der Waals surface area contributed by atoms with E-state index >= 15 is 0 Å². The van der Waals surface area contributed by atoms with Gasteiger partial charge in [-0.1, -0.05) is 42.5 Å². The number of aliphatic hydroxyl groups excluding tert-OH is 2. The molecule has 2 aromatic rings. The third-order valence-electron chi connectivity index (χ3n) is 2.96. The zero-order valence-electron chi connectivity index (χ0n) is 9.83. The highest BCUT2D eigenvalue weighted by molar-refractivity contribution is 5.33. The molecule has 2 N–H and O–H groups in total. The Kier molecular flexibility index (Phi) is 4.07. The van der Waals surface area contributed by atoms with Crippen LogP contribution in [0.25, 0.3) is 0 Å². The van der Waals surface area contributed by atoms with Crippen molar-refractivity contribution < 1.29 is 14.6 Å². The summed E-state index contributed by atoms with van der Waals surface area (Å²) in [6.07, 6.45) is -0.905. The van der Waals surface area contributed by atoms with Gasteiger partial charge in [-0.3, -0.25) is 0 Å². The van der Waals surface area contributed by atoms with Crippen LogP contribution in [-0.4, -0.2) is 22.9 Å². The van der Waals surface area contributed by atoms with Crippen LogP contribution in [0.4, 0.5) is 4.39 Å². The van der Waals surface area contributed by atoms with E-state index in [0.29, 0.717) is 0 Å². The lowest BCUT2D eigenvalue weighted by molar-refractivity contribution is 0.0823. The van der Waals surface area contributed by atoms with Crippen molar-refractivity contribution in [2.24, 2.45) is 0 Å². The average Bonchev–Trinajstić information content (AvgIpc) is 2.42. The molecule has 0 radical (unpaired) electrons. The van der Waals surface area contributed by atoms with Gasteiger partial charge in [0.15, 0.2) is 0 Å². The van der Waals surface area contributed by atoms with Crippen LogP contribution < -0.4 is 0 Å². The fourth-order valence-electron chi connectivity index (χ4n) is 2.07. The summed E-state index contributed by atoms with van der Waals surface area (Å²) in [4.78, 5) is 0. The van der Waals surface area contributed by atoms with Gasteiger partial charge >= 0.3 is 0 Å². The third-order valence-corrected chi connectivity index (χ3v) is 2.96. The van der Waals surface area contributed by atoms with E-state index < -0.39 is 6.10 Å². The van der Waals surface area contributed by atoms with Crippen molar-refractivity contribution in [3.05, 3.63) is 71.5 Å². The Bertz CT molecular complexity index is 482. The summed E-state index contributed by atoms with van der Waals surface area (Å²) in [7, 11) is 0. The predicted octanol–water partition coefficient (Wildman–Crippen LogP) is 2.31. The SMILES string of the molecule is OC[C@@H](O)[C@@H](c1ccccc1)c1ccc(F)cc1. The minimum atomic E-state index is -0.905. The molecule has 94 valence electrons. The summed E-state index contributed by atoms with van der Waals surface area (Å²) >= 11 is 0. The highest BCUT2D eigenvalue weighted by Gasteiger charge is 2.22. The van der Waals surface area contributed by atoms with Crippen LogP contribution in [0, 0.1) is 5.82 Å². The first-order valence-corrected chi connectivity index (χ1v) is 5.81. The molecule has 0 aromatic heterocycles. The topological polar surface area (TPSA) is 40.5 Å². The maximum atomic E-state index is 12.9. The molecule has 0 aliphatic heterocycles. The molecule has 0 fully saturated rings. The van der Waals surface area contributed by atoms with Gasteiger partial charge in [-0.25, -0.2) is 4.39 Å². The molecule has 0 aliphatic carbocycles. The van der Waals surface area contributed by atoms with E-state index in [1.54, 1.807) is 12.1 Å². The molecule has 0 saturated carbocycles. The normalized spacial score (nSPS) is 14.2. The summed E-state index contributed by atoms with van der Waals surface area (Å²) in [5.41, 5.74) is 1.68. The van der Waals surface area contributed by atoms with Crippen LogP contribution in [0.3, 0.4) is 0 Å². The second-order valence-electron chi connectivity index (χ2n) is 4.19. The van der Waals surface area contributed by atoms with Crippen molar-refractivity contribution >= 4 is 0 Å².